The maximum absolute atomic E-state index is 13.8. The number of halogens is 2. The van der Waals surface area contributed by atoms with E-state index in [2.05, 4.69) is 4.99 Å². The van der Waals surface area contributed by atoms with Crippen LogP contribution < -0.4 is 24.4 Å². The molecule has 0 radical (unpaired) electrons. The van der Waals surface area contributed by atoms with Crippen molar-refractivity contribution in [3.63, 3.8) is 0 Å². The highest BCUT2D eigenvalue weighted by atomic mass is 35.5. The SMILES string of the molecule is CCOC(=O)C1=C(C)N=c2s/c(=C\c3ccc(OCc4ccc(Cl)cc4)c(OC)c3)c(=O)n2[C@@H]1c1ccc(Cl)cc1. The van der Waals surface area contributed by atoms with Gasteiger partial charge in [0.05, 0.1) is 35.6 Å². The summed E-state index contributed by atoms with van der Waals surface area (Å²) in [6, 6.07) is 19.2. The zero-order valence-corrected chi connectivity index (χ0v) is 24.8. The van der Waals surface area contributed by atoms with Crippen molar-refractivity contribution in [2.24, 2.45) is 4.99 Å². The minimum atomic E-state index is -0.706. The molecule has 1 aliphatic rings. The highest BCUT2D eigenvalue weighted by Gasteiger charge is 2.33. The second kappa shape index (κ2) is 12.3. The van der Waals surface area contributed by atoms with Gasteiger partial charge in [-0.3, -0.25) is 9.36 Å². The summed E-state index contributed by atoms with van der Waals surface area (Å²) in [4.78, 5) is 31.9. The summed E-state index contributed by atoms with van der Waals surface area (Å²) >= 11 is 13.3. The van der Waals surface area contributed by atoms with Gasteiger partial charge in [-0.05, 0) is 73.0 Å². The molecule has 210 valence electrons. The number of aromatic nitrogens is 1. The molecule has 1 atom stereocenters. The first-order chi connectivity index (χ1) is 19.8. The van der Waals surface area contributed by atoms with E-state index < -0.39 is 12.0 Å². The van der Waals surface area contributed by atoms with Gasteiger partial charge >= 0.3 is 5.97 Å². The molecule has 41 heavy (non-hydrogen) atoms. The lowest BCUT2D eigenvalue weighted by Gasteiger charge is -2.24. The molecule has 4 aromatic rings. The number of hydrogen-bond donors (Lipinski definition) is 0. The number of ether oxygens (including phenoxy) is 3. The minimum absolute atomic E-state index is 0.203. The standard InChI is InChI=1S/C31H26Cl2N2O5S/c1-4-39-30(37)27-18(2)34-31-35(28(27)21-8-12-23(33)13-9-21)29(36)26(41-31)16-20-7-14-24(25(15-20)38-3)40-17-19-5-10-22(32)11-6-19/h5-16,28H,4,17H2,1-3H3/b26-16-/t28-/m1/s1. The number of benzene rings is 3. The van der Waals surface area contributed by atoms with Crippen LogP contribution in [0.15, 0.2) is 87.8 Å². The molecule has 1 aliphatic heterocycles. The first kappa shape index (κ1) is 28.7. The lowest BCUT2D eigenvalue weighted by molar-refractivity contribution is -0.139. The van der Waals surface area contributed by atoms with Crippen molar-refractivity contribution in [2.45, 2.75) is 26.5 Å². The number of thiazole rings is 1. The number of fused-ring (bicyclic) bond motifs is 1. The van der Waals surface area contributed by atoms with Crippen LogP contribution in [0, 0.1) is 0 Å². The largest absolute Gasteiger partial charge is 0.493 e. The van der Waals surface area contributed by atoms with Crippen LogP contribution in [0.4, 0.5) is 0 Å². The molecule has 0 fully saturated rings. The Morgan fingerprint density at radius 1 is 1.02 bits per heavy atom. The maximum atomic E-state index is 13.8. The third-order valence-corrected chi connectivity index (χ3v) is 7.98. The van der Waals surface area contributed by atoms with Gasteiger partial charge in [0.15, 0.2) is 16.3 Å². The van der Waals surface area contributed by atoms with E-state index in [1.165, 1.54) is 11.3 Å². The summed E-state index contributed by atoms with van der Waals surface area (Å²) in [5, 5.41) is 1.21. The molecule has 2 heterocycles. The van der Waals surface area contributed by atoms with Crippen LogP contribution in [0.25, 0.3) is 6.08 Å². The molecule has 0 bridgehead atoms. The minimum Gasteiger partial charge on any atom is -0.493 e. The lowest BCUT2D eigenvalue weighted by Crippen LogP contribution is -2.39. The molecule has 0 unspecified atom stereocenters. The highest BCUT2D eigenvalue weighted by molar-refractivity contribution is 7.07. The Balaban J connectivity index is 1.53. The summed E-state index contributed by atoms with van der Waals surface area (Å²) in [5.74, 6) is 0.584. The molecule has 0 saturated heterocycles. The van der Waals surface area contributed by atoms with E-state index in [-0.39, 0.29) is 12.2 Å². The van der Waals surface area contributed by atoms with Gasteiger partial charge in [-0.25, -0.2) is 9.79 Å². The van der Waals surface area contributed by atoms with Gasteiger partial charge in [0.2, 0.25) is 0 Å². The Labute approximate surface area is 250 Å². The second-order valence-corrected chi connectivity index (χ2v) is 11.1. The molecule has 0 spiro atoms. The predicted octanol–water partition coefficient (Wildman–Crippen LogP) is 5.69. The molecule has 5 rings (SSSR count). The van der Waals surface area contributed by atoms with Gasteiger partial charge in [-0.1, -0.05) is 64.9 Å². The fourth-order valence-corrected chi connectivity index (χ4v) is 5.84. The van der Waals surface area contributed by atoms with Crippen LogP contribution in [-0.4, -0.2) is 24.3 Å². The molecule has 7 nitrogen and oxygen atoms in total. The fourth-order valence-electron chi connectivity index (χ4n) is 4.54. The summed E-state index contributed by atoms with van der Waals surface area (Å²) < 4.78 is 18.9. The average Bonchev–Trinajstić information content (AvgIpc) is 3.26. The highest BCUT2D eigenvalue weighted by Crippen LogP contribution is 2.32. The van der Waals surface area contributed by atoms with Crippen molar-refractivity contribution in [1.29, 1.82) is 0 Å². The zero-order valence-electron chi connectivity index (χ0n) is 22.5. The number of carbonyl (C=O) groups is 1. The number of allylic oxidation sites excluding steroid dienone is 1. The third-order valence-electron chi connectivity index (χ3n) is 6.50. The molecular formula is C31H26Cl2N2O5S. The van der Waals surface area contributed by atoms with Gasteiger partial charge in [0, 0.05) is 10.0 Å². The monoisotopic (exact) mass is 608 g/mol. The number of carbonyl (C=O) groups excluding carboxylic acids is 1. The summed E-state index contributed by atoms with van der Waals surface area (Å²) in [6.45, 7) is 4.04. The Morgan fingerprint density at radius 2 is 1.71 bits per heavy atom. The molecule has 0 saturated carbocycles. The fraction of sp³-hybridized carbons (Fsp3) is 0.194. The Morgan fingerprint density at radius 3 is 2.37 bits per heavy atom. The lowest BCUT2D eigenvalue weighted by atomic mass is 9.96. The Hall–Kier alpha value is -3.85. The molecule has 0 amide bonds. The van der Waals surface area contributed by atoms with Crippen molar-refractivity contribution in [3.8, 4) is 11.5 Å². The van der Waals surface area contributed by atoms with Crippen LogP contribution in [0.5, 0.6) is 11.5 Å². The van der Waals surface area contributed by atoms with Crippen LogP contribution in [0.1, 0.15) is 36.6 Å². The number of methoxy groups -OCH3 is 1. The van der Waals surface area contributed by atoms with Gasteiger partial charge in [0.25, 0.3) is 5.56 Å². The van der Waals surface area contributed by atoms with Crippen LogP contribution >= 0.6 is 34.5 Å². The van der Waals surface area contributed by atoms with E-state index in [4.69, 9.17) is 37.4 Å². The Kier molecular flexibility index (Phi) is 8.63. The van der Waals surface area contributed by atoms with Crippen LogP contribution in [0.2, 0.25) is 10.0 Å². The third kappa shape index (κ3) is 6.10. The molecular weight excluding hydrogens is 583 g/mol. The van der Waals surface area contributed by atoms with E-state index in [9.17, 15) is 9.59 Å². The number of rotatable bonds is 8. The maximum Gasteiger partial charge on any atom is 0.338 e. The van der Waals surface area contributed by atoms with Gasteiger partial charge in [0.1, 0.15) is 6.61 Å². The van der Waals surface area contributed by atoms with Crippen LogP contribution in [-0.2, 0) is 16.1 Å². The first-order valence-corrected chi connectivity index (χ1v) is 14.4. The van der Waals surface area contributed by atoms with E-state index in [0.29, 0.717) is 48.8 Å². The summed E-state index contributed by atoms with van der Waals surface area (Å²) in [5.41, 5.74) is 2.98. The normalized spacial score (nSPS) is 14.9. The zero-order chi connectivity index (χ0) is 29.1. The quantitative estimate of drug-likeness (QED) is 0.240. The van der Waals surface area contributed by atoms with Crippen molar-refractivity contribution >= 4 is 46.6 Å². The van der Waals surface area contributed by atoms with Crippen LogP contribution in [0.3, 0.4) is 0 Å². The van der Waals surface area contributed by atoms with E-state index >= 15 is 0 Å². The van der Waals surface area contributed by atoms with Gasteiger partial charge in [-0.15, -0.1) is 0 Å². The predicted molar refractivity (Wildman–Crippen MR) is 161 cm³/mol. The van der Waals surface area contributed by atoms with Gasteiger partial charge < -0.3 is 14.2 Å². The van der Waals surface area contributed by atoms with Crippen molar-refractivity contribution in [1.82, 2.24) is 4.57 Å². The summed E-state index contributed by atoms with van der Waals surface area (Å²) in [6.07, 6.45) is 1.78. The topological polar surface area (TPSA) is 79.1 Å². The van der Waals surface area contributed by atoms with E-state index in [0.717, 1.165) is 16.7 Å². The summed E-state index contributed by atoms with van der Waals surface area (Å²) in [7, 11) is 1.56. The van der Waals surface area contributed by atoms with Crippen molar-refractivity contribution in [3.05, 3.63) is 124 Å². The number of nitrogens with zero attached hydrogens (tertiary/aromatic N) is 2. The van der Waals surface area contributed by atoms with E-state index in [1.807, 2.05) is 30.3 Å². The van der Waals surface area contributed by atoms with E-state index in [1.54, 1.807) is 68.0 Å². The molecule has 3 aromatic carbocycles. The molecule has 10 heteroatoms. The van der Waals surface area contributed by atoms with Crippen molar-refractivity contribution in [2.75, 3.05) is 13.7 Å². The van der Waals surface area contributed by atoms with Gasteiger partial charge in [-0.2, -0.15) is 0 Å². The number of esters is 1. The average molecular weight is 610 g/mol. The Bertz CT molecular complexity index is 1810. The molecule has 1 aromatic heterocycles. The molecule has 0 N–H and O–H groups in total. The number of hydrogen-bond acceptors (Lipinski definition) is 7. The smallest absolute Gasteiger partial charge is 0.338 e. The van der Waals surface area contributed by atoms with Crippen molar-refractivity contribution < 1.29 is 19.0 Å². The second-order valence-electron chi connectivity index (χ2n) is 9.18. The molecule has 0 aliphatic carbocycles. The first-order valence-electron chi connectivity index (χ1n) is 12.8.